The molecule has 7 nitrogen and oxygen atoms in total. The van der Waals surface area contributed by atoms with E-state index >= 15 is 0 Å². The Labute approximate surface area is 134 Å². The number of ether oxygens (including phenoxy) is 1. The second kappa shape index (κ2) is 7.13. The second-order valence-corrected chi connectivity index (χ2v) is 5.68. The number of hydrogen-bond donors (Lipinski definition) is 2. The van der Waals surface area contributed by atoms with Crippen LogP contribution in [0.5, 0.6) is 5.75 Å². The van der Waals surface area contributed by atoms with Gasteiger partial charge in [-0.3, -0.25) is 9.59 Å². The highest BCUT2D eigenvalue weighted by Crippen LogP contribution is 2.31. The molecule has 0 bridgehead atoms. The molecule has 1 heterocycles. The lowest BCUT2D eigenvalue weighted by Crippen LogP contribution is -2.46. The van der Waals surface area contributed by atoms with Crippen molar-refractivity contribution >= 4 is 23.5 Å². The van der Waals surface area contributed by atoms with Crippen LogP contribution in [0.4, 0.5) is 5.69 Å². The van der Waals surface area contributed by atoms with Gasteiger partial charge in [0.2, 0.25) is 5.91 Å². The number of aliphatic carboxylic acids is 1. The zero-order valence-corrected chi connectivity index (χ0v) is 13.1. The third-order valence-electron chi connectivity index (χ3n) is 3.62. The van der Waals surface area contributed by atoms with Gasteiger partial charge in [-0.25, -0.2) is 4.79 Å². The lowest BCUT2D eigenvalue weighted by Gasteiger charge is -2.29. The average Bonchev–Trinajstić information content (AvgIpc) is 2.51. The Morgan fingerprint density at radius 3 is 2.70 bits per heavy atom. The zero-order valence-electron chi connectivity index (χ0n) is 13.1. The minimum atomic E-state index is -1.07. The fraction of sp³-hybridized carbons (Fsp3) is 0.438. The minimum absolute atomic E-state index is 0.0244. The summed E-state index contributed by atoms with van der Waals surface area (Å²) in [6, 6.07) is 6.16. The molecule has 1 aliphatic rings. The number of carbonyl (C=O) groups is 3. The van der Waals surface area contributed by atoms with Gasteiger partial charge in [-0.15, -0.1) is 0 Å². The summed E-state index contributed by atoms with van der Waals surface area (Å²) in [7, 11) is 0. The molecule has 7 heteroatoms. The lowest BCUT2D eigenvalue weighted by molar-refractivity contribution is -0.143. The minimum Gasteiger partial charge on any atom is -0.482 e. The molecule has 1 aromatic rings. The van der Waals surface area contributed by atoms with Gasteiger partial charge in [-0.2, -0.15) is 0 Å². The Morgan fingerprint density at radius 1 is 1.35 bits per heavy atom. The zero-order chi connectivity index (χ0) is 17.0. The highest BCUT2D eigenvalue weighted by Gasteiger charge is 2.27. The van der Waals surface area contributed by atoms with Crippen LogP contribution in [0.15, 0.2) is 24.3 Å². The van der Waals surface area contributed by atoms with Crippen molar-refractivity contribution in [1.29, 1.82) is 0 Å². The molecule has 23 heavy (non-hydrogen) atoms. The predicted octanol–water partition coefficient (Wildman–Crippen LogP) is 1.03. The van der Waals surface area contributed by atoms with Crippen LogP contribution in [0.3, 0.4) is 0 Å². The average molecular weight is 320 g/mol. The molecule has 2 N–H and O–H groups in total. The molecular formula is C16H20N2O5. The van der Waals surface area contributed by atoms with Crippen LogP contribution < -0.4 is 15.0 Å². The van der Waals surface area contributed by atoms with Gasteiger partial charge in [0, 0.05) is 13.0 Å². The molecule has 2 rings (SSSR count). The van der Waals surface area contributed by atoms with E-state index in [1.54, 1.807) is 38.1 Å². The first kappa shape index (κ1) is 16.8. The summed E-state index contributed by atoms with van der Waals surface area (Å²) >= 11 is 0. The van der Waals surface area contributed by atoms with Crippen molar-refractivity contribution < 1.29 is 24.2 Å². The molecule has 124 valence electrons. The number of carbonyl (C=O) groups excluding carboxylic acids is 2. The number of rotatable bonds is 6. The summed E-state index contributed by atoms with van der Waals surface area (Å²) in [5, 5.41) is 11.6. The van der Waals surface area contributed by atoms with E-state index in [0.717, 1.165) is 0 Å². The Kier molecular flexibility index (Phi) is 5.20. The second-order valence-electron chi connectivity index (χ2n) is 5.68. The SMILES string of the molecule is CC(C)[C@@H](NC(=O)CCN1C(=O)COc2ccccc21)C(=O)O. The smallest absolute Gasteiger partial charge is 0.326 e. The topological polar surface area (TPSA) is 95.9 Å². The first-order valence-electron chi connectivity index (χ1n) is 7.44. The first-order chi connectivity index (χ1) is 10.9. The van der Waals surface area contributed by atoms with Crippen molar-refractivity contribution in [2.75, 3.05) is 18.1 Å². The number of benzene rings is 1. The van der Waals surface area contributed by atoms with Gasteiger partial charge in [0.1, 0.15) is 11.8 Å². The van der Waals surface area contributed by atoms with Crippen molar-refractivity contribution in [1.82, 2.24) is 5.32 Å². The van der Waals surface area contributed by atoms with E-state index in [-0.39, 0.29) is 31.4 Å². The normalized spacial score (nSPS) is 14.9. The van der Waals surface area contributed by atoms with E-state index in [9.17, 15) is 14.4 Å². The Hall–Kier alpha value is -2.57. The van der Waals surface area contributed by atoms with Crippen LogP contribution in [0.2, 0.25) is 0 Å². The first-order valence-corrected chi connectivity index (χ1v) is 7.44. The van der Waals surface area contributed by atoms with Gasteiger partial charge in [-0.1, -0.05) is 26.0 Å². The molecule has 0 unspecified atom stereocenters. The predicted molar refractivity (Wildman–Crippen MR) is 83.3 cm³/mol. The van der Waals surface area contributed by atoms with E-state index in [1.165, 1.54) is 4.90 Å². The van der Waals surface area contributed by atoms with Gasteiger partial charge < -0.3 is 20.1 Å². The molecular weight excluding hydrogens is 300 g/mol. The maximum Gasteiger partial charge on any atom is 0.326 e. The van der Waals surface area contributed by atoms with Crippen LogP contribution in [-0.4, -0.2) is 42.1 Å². The van der Waals surface area contributed by atoms with Crippen LogP contribution in [0, 0.1) is 5.92 Å². The Morgan fingerprint density at radius 2 is 2.04 bits per heavy atom. The molecule has 0 aliphatic carbocycles. The van der Waals surface area contributed by atoms with Crippen molar-refractivity contribution in [2.24, 2.45) is 5.92 Å². The maximum absolute atomic E-state index is 12.0. The van der Waals surface area contributed by atoms with Crippen LogP contribution >= 0.6 is 0 Å². The van der Waals surface area contributed by atoms with Crippen molar-refractivity contribution in [3.63, 3.8) is 0 Å². The highest BCUT2D eigenvalue weighted by atomic mass is 16.5. The van der Waals surface area contributed by atoms with E-state index in [1.807, 2.05) is 0 Å². The third kappa shape index (κ3) is 4.00. The quantitative estimate of drug-likeness (QED) is 0.816. The summed E-state index contributed by atoms with van der Waals surface area (Å²) < 4.78 is 5.33. The van der Waals surface area contributed by atoms with Crippen molar-refractivity contribution in [3.05, 3.63) is 24.3 Å². The summed E-state index contributed by atoms with van der Waals surface area (Å²) in [4.78, 5) is 36.6. The summed E-state index contributed by atoms with van der Waals surface area (Å²) in [6.07, 6.45) is 0.0244. The van der Waals surface area contributed by atoms with Crippen LogP contribution in [0.1, 0.15) is 20.3 Å². The number of anilines is 1. The number of amides is 2. The number of carboxylic acids is 1. The van der Waals surface area contributed by atoms with Crippen LogP contribution in [-0.2, 0) is 14.4 Å². The molecule has 1 aromatic carbocycles. The molecule has 0 saturated heterocycles. The Balaban J connectivity index is 1.99. The number of nitrogens with zero attached hydrogens (tertiary/aromatic N) is 1. The van der Waals surface area contributed by atoms with Crippen molar-refractivity contribution in [3.8, 4) is 5.75 Å². The number of para-hydroxylation sites is 2. The molecule has 0 aromatic heterocycles. The van der Waals surface area contributed by atoms with Crippen molar-refractivity contribution in [2.45, 2.75) is 26.3 Å². The van der Waals surface area contributed by atoms with Gasteiger partial charge in [0.05, 0.1) is 5.69 Å². The summed E-state index contributed by atoms with van der Waals surface area (Å²) in [5.74, 6) is -1.32. The molecule has 0 spiro atoms. The van der Waals surface area contributed by atoms with E-state index in [0.29, 0.717) is 11.4 Å². The molecule has 0 saturated carbocycles. The summed E-state index contributed by atoms with van der Waals surface area (Å²) in [6.45, 7) is 3.56. The Bertz CT molecular complexity index is 614. The van der Waals surface area contributed by atoms with Crippen LogP contribution in [0.25, 0.3) is 0 Å². The van der Waals surface area contributed by atoms with Gasteiger partial charge >= 0.3 is 5.97 Å². The summed E-state index contributed by atoms with van der Waals surface area (Å²) in [5.41, 5.74) is 0.621. The van der Waals surface area contributed by atoms with E-state index in [2.05, 4.69) is 5.32 Å². The molecule has 0 radical (unpaired) electrons. The molecule has 0 fully saturated rings. The number of carboxylic acid groups (broad SMARTS) is 1. The van der Waals surface area contributed by atoms with E-state index < -0.39 is 17.9 Å². The third-order valence-corrected chi connectivity index (χ3v) is 3.62. The fourth-order valence-corrected chi connectivity index (χ4v) is 2.37. The highest BCUT2D eigenvalue weighted by molar-refractivity contribution is 5.98. The number of nitrogens with one attached hydrogen (secondary N) is 1. The molecule has 1 aliphatic heterocycles. The number of fused-ring (bicyclic) bond motifs is 1. The number of hydrogen-bond acceptors (Lipinski definition) is 4. The lowest BCUT2D eigenvalue weighted by atomic mass is 10.0. The van der Waals surface area contributed by atoms with Gasteiger partial charge in [0.25, 0.3) is 5.91 Å². The van der Waals surface area contributed by atoms with Gasteiger partial charge in [0.15, 0.2) is 6.61 Å². The molecule has 1 atom stereocenters. The molecule has 2 amide bonds. The fourth-order valence-electron chi connectivity index (χ4n) is 2.37. The maximum atomic E-state index is 12.0. The standard InChI is InChI=1S/C16H20N2O5/c1-10(2)15(16(21)22)17-13(19)7-8-18-11-5-3-4-6-12(11)23-9-14(18)20/h3-6,10,15H,7-9H2,1-2H3,(H,17,19)(H,21,22)/t15-/m1/s1. The van der Waals surface area contributed by atoms with E-state index in [4.69, 9.17) is 9.84 Å². The van der Waals surface area contributed by atoms with Gasteiger partial charge in [-0.05, 0) is 18.1 Å². The monoisotopic (exact) mass is 320 g/mol. The largest absolute Gasteiger partial charge is 0.482 e.